The highest BCUT2D eigenvalue weighted by Gasteiger charge is 2.32. The highest BCUT2D eigenvalue weighted by molar-refractivity contribution is 6.30. The molecule has 1 atom stereocenters. The fraction of sp³-hybridized carbons (Fsp3) is 0.222. The number of aromatic nitrogens is 1. The van der Waals surface area contributed by atoms with Crippen LogP contribution in [0.5, 0.6) is 0 Å². The third kappa shape index (κ3) is 5.68. The van der Waals surface area contributed by atoms with E-state index in [-0.39, 0.29) is 11.3 Å². The maximum absolute atomic E-state index is 13.5. The van der Waals surface area contributed by atoms with Gasteiger partial charge in [0.15, 0.2) is 0 Å². The minimum Gasteiger partial charge on any atom is -0.324 e. The van der Waals surface area contributed by atoms with Gasteiger partial charge in [-0.3, -0.25) is 19.5 Å². The Hall–Kier alpha value is -3.44. The van der Waals surface area contributed by atoms with Gasteiger partial charge in [-0.2, -0.15) is 0 Å². The highest BCUT2D eigenvalue weighted by atomic mass is 35.5. The fourth-order valence-corrected chi connectivity index (χ4v) is 3.60. The van der Waals surface area contributed by atoms with E-state index in [1.807, 2.05) is 24.3 Å². The second-order valence-electron chi connectivity index (χ2n) is 8.38. The van der Waals surface area contributed by atoms with Crippen LogP contribution in [0.15, 0.2) is 85.7 Å². The molecule has 0 bridgehead atoms. The van der Waals surface area contributed by atoms with Gasteiger partial charge < -0.3 is 5.32 Å². The molecule has 5 nitrogen and oxygen atoms in total. The molecule has 0 radical (unpaired) electrons. The molecule has 0 aliphatic heterocycles. The van der Waals surface area contributed by atoms with E-state index < -0.39 is 11.9 Å². The van der Waals surface area contributed by atoms with Crippen LogP contribution in [0.1, 0.15) is 44.4 Å². The molecule has 1 unspecified atom stereocenters. The first-order valence-corrected chi connectivity index (χ1v) is 11.2. The summed E-state index contributed by atoms with van der Waals surface area (Å²) < 4.78 is 0. The molecular weight excluding hydrogens is 434 g/mol. The number of carbonyl (C=O) groups excluding carboxylic acids is 2. The zero-order chi connectivity index (χ0) is 24.0. The Labute approximate surface area is 200 Å². The van der Waals surface area contributed by atoms with Gasteiger partial charge in [-0.05, 0) is 65.9 Å². The van der Waals surface area contributed by atoms with Gasteiger partial charge in [0.1, 0.15) is 6.04 Å². The summed E-state index contributed by atoms with van der Waals surface area (Å²) in [5.74, 6) is -0.768. The topological polar surface area (TPSA) is 62.3 Å². The van der Waals surface area contributed by atoms with Gasteiger partial charge in [0, 0.05) is 34.4 Å². The van der Waals surface area contributed by atoms with E-state index in [4.69, 9.17) is 11.6 Å². The van der Waals surface area contributed by atoms with Crippen molar-refractivity contribution in [2.24, 2.45) is 0 Å². The van der Waals surface area contributed by atoms with Crippen molar-refractivity contribution >= 4 is 34.8 Å². The predicted octanol–water partition coefficient (Wildman–Crippen LogP) is 6.32. The molecule has 0 spiro atoms. The number of benzene rings is 2. The second kappa shape index (κ2) is 10.5. The molecule has 3 rings (SSSR count). The number of nitrogens with one attached hydrogen (secondary N) is 1. The lowest BCUT2D eigenvalue weighted by molar-refractivity contribution is -0.121. The number of hydrogen-bond acceptors (Lipinski definition) is 3. The van der Waals surface area contributed by atoms with Crippen LogP contribution in [0, 0.1) is 0 Å². The fourth-order valence-electron chi connectivity index (χ4n) is 3.48. The summed E-state index contributed by atoms with van der Waals surface area (Å²) in [7, 11) is 0. The molecule has 3 aromatic rings. The molecule has 0 aliphatic rings. The van der Waals surface area contributed by atoms with Gasteiger partial charge in [-0.25, -0.2) is 0 Å². The summed E-state index contributed by atoms with van der Waals surface area (Å²) in [6.07, 6.45) is 5.40. The quantitative estimate of drug-likeness (QED) is 0.399. The van der Waals surface area contributed by atoms with Gasteiger partial charge in [-0.15, -0.1) is 0 Å². The van der Waals surface area contributed by atoms with Crippen LogP contribution in [-0.4, -0.2) is 16.8 Å². The average molecular weight is 462 g/mol. The average Bonchev–Trinajstić information content (AvgIpc) is 2.84. The number of amides is 2. The third-order valence-corrected chi connectivity index (χ3v) is 6.09. The Morgan fingerprint density at radius 1 is 1.12 bits per heavy atom. The summed E-state index contributed by atoms with van der Waals surface area (Å²) in [4.78, 5) is 32.2. The number of pyridine rings is 1. The normalized spacial score (nSPS) is 12.0. The first kappa shape index (κ1) is 24.2. The van der Waals surface area contributed by atoms with E-state index in [0.29, 0.717) is 22.0 Å². The molecule has 2 aromatic carbocycles. The van der Waals surface area contributed by atoms with Gasteiger partial charge in [0.05, 0.1) is 0 Å². The van der Waals surface area contributed by atoms with Crippen LogP contribution >= 0.6 is 11.6 Å². The SMILES string of the molecule is C=CC(=O)N(c1ccc(C(C)(C)CC)cc1)C(C(=O)Nc1ccc(Cl)cc1)c1cccnc1. The van der Waals surface area contributed by atoms with E-state index in [0.717, 1.165) is 12.0 Å². The number of carbonyl (C=O) groups is 2. The van der Waals surface area contributed by atoms with Gasteiger partial charge >= 0.3 is 0 Å². The van der Waals surface area contributed by atoms with Crippen molar-refractivity contribution in [1.82, 2.24) is 4.98 Å². The lowest BCUT2D eigenvalue weighted by atomic mass is 9.82. The Bertz CT molecular complexity index is 1110. The van der Waals surface area contributed by atoms with Crippen LogP contribution in [0.4, 0.5) is 11.4 Å². The van der Waals surface area contributed by atoms with E-state index in [1.165, 1.54) is 11.0 Å². The zero-order valence-corrected chi connectivity index (χ0v) is 19.8. The molecule has 6 heteroatoms. The number of hydrogen-bond donors (Lipinski definition) is 1. The first-order valence-electron chi connectivity index (χ1n) is 10.8. The first-order chi connectivity index (χ1) is 15.8. The standard InChI is InChI=1S/C27H28ClN3O2/c1-5-24(32)31(23-15-9-20(10-16-23)27(3,4)6-2)25(19-8-7-17-29-18-19)26(33)30-22-13-11-21(28)12-14-22/h5,7-18,25H,1,6H2,2-4H3,(H,30,33). The summed E-state index contributed by atoms with van der Waals surface area (Å²) in [6.45, 7) is 10.1. The van der Waals surface area contributed by atoms with E-state index in [9.17, 15) is 9.59 Å². The summed E-state index contributed by atoms with van der Waals surface area (Å²) in [5, 5.41) is 3.45. The Balaban J connectivity index is 2.05. The lowest BCUT2D eigenvalue weighted by Crippen LogP contribution is -2.41. The molecule has 170 valence electrons. The lowest BCUT2D eigenvalue weighted by Gasteiger charge is -2.31. The molecular formula is C27H28ClN3O2. The molecule has 0 saturated carbocycles. The van der Waals surface area contributed by atoms with Gasteiger partial charge in [0.2, 0.25) is 0 Å². The second-order valence-corrected chi connectivity index (χ2v) is 8.82. The minimum absolute atomic E-state index is 0.000511. The number of nitrogens with zero attached hydrogens (tertiary/aromatic N) is 2. The van der Waals surface area contributed by atoms with Crippen LogP contribution in [0.2, 0.25) is 5.02 Å². The van der Waals surface area contributed by atoms with Crippen LogP contribution in [0.3, 0.4) is 0 Å². The molecule has 0 aliphatic carbocycles. The van der Waals surface area contributed by atoms with Gasteiger partial charge in [-0.1, -0.05) is 57.2 Å². The van der Waals surface area contributed by atoms with Crippen LogP contribution in [0.25, 0.3) is 0 Å². The molecule has 1 heterocycles. The van der Waals surface area contributed by atoms with Crippen LogP contribution < -0.4 is 10.2 Å². The van der Waals surface area contributed by atoms with Crippen molar-refractivity contribution in [3.8, 4) is 0 Å². The summed E-state index contributed by atoms with van der Waals surface area (Å²) >= 11 is 5.97. The van der Waals surface area contributed by atoms with Crippen molar-refractivity contribution in [1.29, 1.82) is 0 Å². The molecule has 0 saturated heterocycles. The molecule has 33 heavy (non-hydrogen) atoms. The van der Waals surface area contributed by atoms with E-state index in [2.05, 4.69) is 37.7 Å². The zero-order valence-electron chi connectivity index (χ0n) is 19.1. The van der Waals surface area contributed by atoms with E-state index >= 15 is 0 Å². The number of halogens is 1. The van der Waals surface area contributed by atoms with E-state index in [1.54, 1.807) is 48.8 Å². The molecule has 1 N–H and O–H groups in total. The Morgan fingerprint density at radius 2 is 1.79 bits per heavy atom. The van der Waals surface area contributed by atoms with Crippen LogP contribution in [-0.2, 0) is 15.0 Å². The minimum atomic E-state index is -0.954. The van der Waals surface area contributed by atoms with Gasteiger partial charge in [0.25, 0.3) is 11.8 Å². The Kier molecular flexibility index (Phi) is 7.67. The molecule has 2 amide bonds. The van der Waals surface area contributed by atoms with Crippen molar-refractivity contribution in [2.75, 3.05) is 10.2 Å². The highest BCUT2D eigenvalue weighted by Crippen LogP contribution is 2.32. The maximum atomic E-state index is 13.5. The summed E-state index contributed by atoms with van der Waals surface area (Å²) in [5.41, 5.74) is 2.90. The smallest absolute Gasteiger partial charge is 0.252 e. The predicted molar refractivity (Wildman–Crippen MR) is 135 cm³/mol. The van der Waals surface area contributed by atoms with Crippen molar-refractivity contribution < 1.29 is 9.59 Å². The van der Waals surface area contributed by atoms with Crippen molar-refractivity contribution in [2.45, 2.75) is 38.6 Å². The molecule has 0 fully saturated rings. The largest absolute Gasteiger partial charge is 0.324 e. The number of anilines is 2. The molecule has 1 aromatic heterocycles. The number of rotatable bonds is 8. The maximum Gasteiger partial charge on any atom is 0.252 e. The summed E-state index contributed by atoms with van der Waals surface area (Å²) in [6, 6.07) is 17.1. The third-order valence-electron chi connectivity index (χ3n) is 5.84. The Morgan fingerprint density at radius 3 is 2.33 bits per heavy atom. The van der Waals surface area contributed by atoms with Crippen molar-refractivity contribution in [3.63, 3.8) is 0 Å². The van der Waals surface area contributed by atoms with Crippen molar-refractivity contribution in [3.05, 3.63) is 102 Å². The monoisotopic (exact) mass is 461 g/mol.